The van der Waals surface area contributed by atoms with Gasteiger partial charge in [0.1, 0.15) is 17.4 Å². The van der Waals surface area contributed by atoms with Gasteiger partial charge in [-0.1, -0.05) is 17.7 Å². The second kappa shape index (κ2) is 5.59. The summed E-state index contributed by atoms with van der Waals surface area (Å²) >= 11 is 5.81. The normalized spacial score (nSPS) is 9.85. The molecule has 0 heterocycles. The molecule has 0 atom stereocenters. The molecule has 100 valence electrons. The molecular weight excluding hydrogens is 281 g/mol. The summed E-state index contributed by atoms with van der Waals surface area (Å²) in [5, 5.41) is 11.7. The number of nitrogens with two attached hydrogens (primary N) is 1. The minimum absolute atomic E-state index is 0.0936. The molecule has 0 aliphatic carbocycles. The molecule has 0 unspecified atom stereocenters. The van der Waals surface area contributed by atoms with Crippen LogP contribution in [-0.2, 0) is 0 Å². The van der Waals surface area contributed by atoms with Gasteiger partial charge in [0, 0.05) is 16.3 Å². The van der Waals surface area contributed by atoms with Crippen LogP contribution in [0.5, 0.6) is 0 Å². The zero-order valence-electron chi connectivity index (χ0n) is 10.2. The topological polar surface area (TPSA) is 78.9 Å². The molecule has 3 N–H and O–H groups in total. The predicted octanol–water partition coefficient (Wildman–Crippen LogP) is 3.19. The first kappa shape index (κ1) is 13.8. The summed E-state index contributed by atoms with van der Waals surface area (Å²) in [7, 11) is 0. The third kappa shape index (κ3) is 2.87. The highest BCUT2D eigenvalue weighted by Crippen LogP contribution is 2.21. The van der Waals surface area contributed by atoms with Gasteiger partial charge in [-0.15, -0.1) is 0 Å². The Hall–Kier alpha value is -2.58. The fourth-order valence-corrected chi connectivity index (χ4v) is 1.92. The number of amides is 1. The molecule has 0 saturated carbocycles. The van der Waals surface area contributed by atoms with Crippen molar-refractivity contribution in [2.24, 2.45) is 0 Å². The quantitative estimate of drug-likeness (QED) is 0.833. The molecule has 0 aromatic heterocycles. The van der Waals surface area contributed by atoms with Gasteiger partial charge in [0.15, 0.2) is 0 Å². The van der Waals surface area contributed by atoms with Crippen LogP contribution < -0.4 is 11.1 Å². The van der Waals surface area contributed by atoms with Crippen LogP contribution in [0.1, 0.15) is 15.9 Å². The molecule has 0 aliphatic rings. The van der Waals surface area contributed by atoms with Gasteiger partial charge in [0.2, 0.25) is 0 Å². The van der Waals surface area contributed by atoms with Gasteiger partial charge in [0.05, 0.1) is 5.69 Å². The standard InChI is InChI=1S/C14H9ClFN3O/c15-9-4-8(5-10(18)6-9)14(20)19-13-3-1-2-12(16)11(13)7-17/h1-6H,18H2,(H,19,20). The lowest BCUT2D eigenvalue weighted by molar-refractivity contribution is 0.102. The summed E-state index contributed by atoms with van der Waals surface area (Å²) in [5.41, 5.74) is 6.02. The lowest BCUT2D eigenvalue weighted by Crippen LogP contribution is -2.13. The van der Waals surface area contributed by atoms with E-state index in [0.717, 1.165) is 6.07 Å². The Kier molecular flexibility index (Phi) is 3.87. The Bertz CT molecular complexity index is 705. The highest BCUT2D eigenvalue weighted by molar-refractivity contribution is 6.31. The maximum Gasteiger partial charge on any atom is 0.255 e. The molecule has 4 nitrogen and oxygen atoms in total. The molecule has 0 bridgehead atoms. The first-order chi connectivity index (χ1) is 9.51. The maximum absolute atomic E-state index is 13.4. The molecule has 0 saturated heterocycles. The first-order valence-electron chi connectivity index (χ1n) is 5.57. The molecule has 0 spiro atoms. The molecule has 0 fully saturated rings. The summed E-state index contributed by atoms with van der Waals surface area (Å²) in [6.45, 7) is 0. The van der Waals surface area contributed by atoms with Gasteiger partial charge < -0.3 is 11.1 Å². The van der Waals surface area contributed by atoms with Crippen molar-refractivity contribution in [1.82, 2.24) is 0 Å². The van der Waals surface area contributed by atoms with Crippen molar-refractivity contribution >= 4 is 28.9 Å². The van der Waals surface area contributed by atoms with Gasteiger partial charge >= 0.3 is 0 Å². The number of benzene rings is 2. The number of rotatable bonds is 2. The first-order valence-corrected chi connectivity index (χ1v) is 5.95. The van der Waals surface area contributed by atoms with Crippen LogP contribution in [-0.4, -0.2) is 5.91 Å². The number of hydrogen-bond donors (Lipinski definition) is 2. The van der Waals surface area contributed by atoms with E-state index in [0.29, 0.717) is 10.7 Å². The molecular formula is C14H9ClFN3O. The van der Waals surface area contributed by atoms with E-state index in [1.54, 1.807) is 6.07 Å². The van der Waals surface area contributed by atoms with E-state index in [4.69, 9.17) is 22.6 Å². The number of nitrogens with one attached hydrogen (secondary N) is 1. The Labute approximate surface area is 119 Å². The van der Waals surface area contributed by atoms with Crippen LogP contribution in [0.4, 0.5) is 15.8 Å². The summed E-state index contributed by atoms with van der Waals surface area (Å²) in [4.78, 5) is 12.0. The molecule has 20 heavy (non-hydrogen) atoms. The number of hydrogen-bond acceptors (Lipinski definition) is 3. The molecule has 1 amide bonds. The van der Waals surface area contributed by atoms with E-state index in [1.807, 2.05) is 0 Å². The molecule has 2 rings (SSSR count). The second-order valence-electron chi connectivity index (χ2n) is 4.00. The molecule has 2 aromatic rings. The lowest BCUT2D eigenvalue weighted by Gasteiger charge is -2.08. The number of anilines is 2. The SMILES string of the molecule is N#Cc1c(F)cccc1NC(=O)c1cc(N)cc(Cl)c1. The van der Waals surface area contributed by atoms with Gasteiger partial charge in [-0.05, 0) is 30.3 Å². The van der Waals surface area contributed by atoms with Crippen LogP contribution in [0.25, 0.3) is 0 Å². The van der Waals surface area contributed by atoms with Crippen molar-refractivity contribution < 1.29 is 9.18 Å². The van der Waals surface area contributed by atoms with Crippen molar-refractivity contribution in [2.75, 3.05) is 11.1 Å². The minimum atomic E-state index is -0.698. The van der Waals surface area contributed by atoms with E-state index >= 15 is 0 Å². The monoisotopic (exact) mass is 289 g/mol. The number of halogens is 2. The Morgan fingerprint density at radius 1 is 1.35 bits per heavy atom. The third-order valence-electron chi connectivity index (χ3n) is 2.56. The summed E-state index contributed by atoms with van der Waals surface area (Å²) in [5.74, 6) is -1.22. The summed E-state index contributed by atoms with van der Waals surface area (Å²) < 4.78 is 13.4. The number of carbonyl (C=O) groups excluding carboxylic acids is 1. The van der Waals surface area contributed by atoms with Gasteiger partial charge in [0.25, 0.3) is 5.91 Å². The van der Waals surface area contributed by atoms with E-state index in [1.165, 1.54) is 30.3 Å². The van der Waals surface area contributed by atoms with Crippen molar-refractivity contribution in [1.29, 1.82) is 5.26 Å². The average Bonchev–Trinajstić information content (AvgIpc) is 2.37. The maximum atomic E-state index is 13.4. The Morgan fingerprint density at radius 2 is 2.10 bits per heavy atom. The van der Waals surface area contributed by atoms with Crippen molar-refractivity contribution in [3.8, 4) is 6.07 Å². The summed E-state index contributed by atoms with van der Waals surface area (Å²) in [6, 6.07) is 10.1. The average molecular weight is 290 g/mol. The van der Waals surface area contributed by atoms with Crippen LogP contribution in [0.2, 0.25) is 5.02 Å². The lowest BCUT2D eigenvalue weighted by atomic mass is 10.1. The summed E-state index contributed by atoms with van der Waals surface area (Å²) in [6.07, 6.45) is 0. The number of nitriles is 1. The highest BCUT2D eigenvalue weighted by Gasteiger charge is 2.13. The third-order valence-corrected chi connectivity index (χ3v) is 2.77. The highest BCUT2D eigenvalue weighted by atomic mass is 35.5. The predicted molar refractivity (Wildman–Crippen MR) is 74.9 cm³/mol. The van der Waals surface area contributed by atoms with Gasteiger partial charge in [-0.25, -0.2) is 4.39 Å². The van der Waals surface area contributed by atoms with Crippen LogP contribution in [0.3, 0.4) is 0 Å². The zero-order chi connectivity index (χ0) is 14.7. The van der Waals surface area contributed by atoms with Gasteiger partial charge in [-0.3, -0.25) is 4.79 Å². The Balaban J connectivity index is 2.33. The molecule has 0 aliphatic heterocycles. The van der Waals surface area contributed by atoms with E-state index in [2.05, 4.69) is 5.32 Å². The second-order valence-corrected chi connectivity index (χ2v) is 4.44. The van der Waals surface area contributed by atoms with Gasteiger partial charge in [-0.2, -0.15) is 5.26 Å². The van der Waals surface area contributed by atoms with Crippen molar-refractivity contribution in [3.05, 3.63) is 58.4 Å². The Morgan fingerprint density at radius 3 is 2.75 bits per heavy atom. The van der Waals surface area contributed by atoms with Crippen LogP contribution >= 0.6 is 11.6 Å². The molecule has 2 aromatic carbocycles. The smallest absolute Gasteiger partial charge is 0.255 e. The molecule has 0 radical (unpaired) electrons. The van der Waals surface area contributed by atoms with Crippen molar-refractivity contribution in [3.63, 3.8) is 0 Å². The number of nitrogens with zero attached hydrogens (tertiary/aromatic N) is 1. The fraction of sp³-hybridized carbons (Fsp3) is 0. The van der Waals surface area contributed by atoms with Crippen LogP contribution in [0, 0.1) is 17.1 Å². The largest absolute Gasteiger partial charge is 0.399 e. The minimum Gasteiger partial charge on any atom is -0.399 e. The molecule has 6 heteroatoms. The van der Waals surface area contributed by atoms with E-state index in [9.17, 15) is 9.18 Å². The zero-order valence-corrected chi connectivity index (χ0v) is 10.9. The van der Waals surface area contributed by atoms with E-state index in [-0.39, 0.29) is 16.8 Å². The number of nitrogen functional groups attached to an aromatic ring is 1. The van der Waals surface area contributed by atoms with E-state index < -0.39 is 11.7 Å². The number of carbonyl (C=O) groups is 1. The van der Waals surface area contributed by atoms with Crippen molar-refractivity contribution in [2.45, 2.75) is 0 Å². The fourth-order valence-electron chi connectivity index (χ4n) is 1.68. The van der Waals surface area contributed by atoms with Crippen LogP contribution in [0.15, 0.2) is 36.4 Å².